The Morgan fingerprint density at radius 3 is 2.38 bits per heavy atom. The van der Waals surface area contributed by atoms with Crippen LogP contribution in [0.25, 0.3) is 0 Å². The Morgan fingerprint density at radius 1 is 1.54 bits per heavy atom. The van der Waals surface area contributed by atoms with E-state index < -0.39 is 17.8 Å². The maximum Gasteiger partial charge on any atom is 0.431 e. The Balaban J connectivity index is 4.48. The van der Waals surface area contributed by atoms with Gasteiger partial charge in [-0.2, -0.15) is 13.2 Å². The van der Waals surface area contributed by atoms with E-state index in [0.29, 0.717) is 6.08 Å². The number of allylic oxidation sites excluding steroid dienone is 1. The molecule has 0 aromatic heterocycles. The van der Waals surface area contributed by atoms with Gasteiger partial charge >= 0.3 is 12.1 Å². The highest BCUT2D eigenvalue weighted by molar-refractivity contribution is 5.82. The average molecular weight is 197 g/mol. The van der Waals surface area contributed by atoms with Crippen molar-refractivity contribution >= 4 is 5.97 Å². The standard InChI is InChI=1S/C7H10F3NO2/c1-3-13-6(12)4-5(11-2)7(8,9)10/h4,11H,3H2,1-2H3/b5-4+. The van der Waals surface area contributed by atoms with Crippen molar-refractivity contribution < 1.29 is 22.7 Å². The largest absolute Gasteiger partial charge is 0.463 e. The van der Waals surface area contributed by atoms with Gasteiger partial charge in [0.2, 0.25) is 0 Å². The van der Waals surface area contributed by atoms with Gasteiger partial charge < -0.3 is 10.1 Å². The minimum absolute atomic E-state index is 0.0458. The minimum Gasteiger partial charge on any atom is -0.463 e. The van der Waals surface area contributed by atoms with Gasteiger partial charge in [-0.3, -0.25) is 0 Å². The third kappa shape index (κ3) is 4.39. The molecular weight excluding hydrogens is 187 g/mol. The summed E-state index contributed by atoms with van der Waals surface area (Å²) in [7, 11) is 1.08. The maximum absolute atomic E-state index is 12.0. The van der Waals surface area contributed by atoms with Crippen molar-refractivity contribution in [3.8, 4) is 0 Å². The predicted molar refractivity (Wildman–Crippen MR) is 39.8 cm³/mol. The van der Waals surface area contributed by atoms with Gasteiger partial charge in [0, 0.05) is 7.05 Å². The fourth-order valence-electron chi connectivity index (χ4n) is 0.598. The molecule has 76 valence electrons. The summed E-state index contributed by atoms with van der Waals surface area (Å²) in [6, 6.07) is 0. The van der Waals surface area contributed by atoms with E-state index in [2.05, 4.69) is 4.74 Å². The first-order valence-electron chi connectivity index (χ1n) is 3.55. The number of esters is 1. The molecule has 0 amide bonds. The van der Waals surface area contributed by atoms with Crippen LogP contribution in [0.4, 0.5) is 13.2 Å². The topological polar surface area (TPSA) is 38.3 Å². The van der Waals surface area contributed by atoms with Crippen molar-refractivity contribution in [3.05, 3.63) is 11.8 Å². The molecule has 0 unspecified atom stereocenters. The molecule has 13 heavy (non-hydrogen) atoms. The number of hydrogen-bond acceptors (Lipinski definition) is 3. The van der Waals surface area contributed by atoms with Crippen LogP contribution in [0.15, 0.2) is 11.8 Å². The molecule has 0 aromatic rings. The van der Waals surface area contributed by atoms with Crippen molar-refractivity contribution in [2.24, 2.45) is 0 Å². The predicted octanol–water partition coefficient (Wildman–Crippen LogP) is 1.22. The second-order valence-electron chi connectivity index (χ2n) is 2.06. The van der Waals surface area contributed by atoms with E-state index in [-0.39, 0.29) is 6.61 Å². The van der Waals surface area contributed by atoms with E-state index in [1.807, 2.05) is 5.32 Å². The maximum atomic E-state index is 12.0. The highest BCUT2D eigenvalue weighted by atomic mass is 19.4. The number of halogens is 3. The summed E-state index contributed by atoms with van der Waals surface area (Å²) in [5.41, 5.74) is -1.12. The summed E-state index contributed by atoms with van der Waals surface area (Å²) in [4.78, 5) is 10.6. The molecule has 0 bridgehead atoms. The van der Waals surface area contributed by atoms with Gasteiger partial charge in [0.15, 0.2) is 0 Å². The van der Waals surface area contributed by atoms with Crippen LogP contribution in [-0.4, -0.2) is 25.8 Å². The first kappa shape index (κ1) is 11.8. The Labute approximate surface area is 73.6 Å². The zero-order valence-electron chi connectivity index (χ0n) is 7.23. The molecule has 0 aliphatic carbocycles. The van der Waals surface area contributed by atoms with Crippen molar-refractivity contribution in [2.45, 2.75) is 13.1 Å². The van der Waals surface area contributed by atoms with Gasteiger partial charge in [-0.1, -0.05) is 0 Å². The van der Waals surface area contributed by atoms with E-state index in [1.54, 1.807) is 0 Å². The molecule has 0 aliphatic rings. The Bertz CT molecular complexity index is 210. The van der Waals surface area contributed by atoms with Crippen LogP contribution in [0.2, 0.25) is 0 Å². The number of alkyl halides is 3. The first-order valence-corrected chi connectivity index (χ1v) is 3.55. The second kappa shape index (κ2) is 4.74. The second-order valence-corrected chi connectivity index (χ2v) is 2.06. The number of hydrogen-bond donors (Lipinski definition) is 1. The van der Waals surface area contributed by atoms with Gasteiger partial charge in [-0.25, -0.2) is 4.79 Å². The van der Waals surface area contributed by atoms with Crippen LogP contribution in [0.1, 0.15) is 6.92 Å². The number of rotatable bonds is 3. The summed E-state index contributed by atoms with van der Waals surface area (Å²) in [5, 5.41) is 1.87. The van der Waals surface area contributed by atoms with Crippen LogP contribution in [0.5, 0.6) is 0 Å². The van der Waals surface area contributed by atoms with Crippen molar-refractivity contribution in [1.29, 1.82) is 0 Å². The molecule has 0 fully saturated rings. The molecule has 0 aromatic carbocycles. The normalized spacial score (nSPS) is 12.5. The van der Waals surface area contributed by atoms with Crippen LogP contribution in [0, 0.1) is 0 Å². The Kier molecular flexibility index (Phi) is 4.30. The lowest BCUT2D eigenvalue weighted by Gasteiger charge is -2.09. The average Bonchev–Trinajstić information content (AvgIpc) is 1.98. The molecule has 6 heteroatoms. The van der Waals surface area contributed by atoms with Gasteiger partial charge in [0.05, 0.1) is 12.7 Å². The van der Waals surface area contributed by atoms with Crippen LogP contribution < -0.4 is 5.32 Å². The minimum atomic E-state index is -4.55. The molecule has 1 N–H and O–H groups in total. The Morgan fingerprint density at radius 2 is 2.08 bits per heavy atom. The molecule has 0 atom stereocenters. The van der Waals surface area contributed by atoms with E-state index in [9.17, 15) is 18.0 Å². The first-order chi connectivity index (χ1) is 5.91. The summed E-state index contributed by atoms with van der Waals surface area (Å²) in [6.07, 6.45) is -4.18. The fraction of sp³-hybridized carbons (Fsp3) is 0.571. The summed E-state index contributed by atoms with van der Waals surface area (Å²) < 4.78 is 40.3. The lowest BCUT2D eigenvalue weighted by Crippen LogP contribution is -2.24. The van der Waals surface area contributed by atoms with Crippen molar-refractivity contribution in [2.75, 3.05) is 13.7 Å². The van der Waals surface area contributed by atoms with E-state index in [4.69, 9.17) is 0 Å². The molecule has 0 radical (unpaired) electrons. The van der Waals surface area contributed by atoms with Crippen LogP contribution in [0.3, 0.4) is 0 Å². The van der Waals surface area contributed by atoms with Crippen LogP contribution >= 0.6 is 0 Å². The fourth-order valence-corrected chi connectivity index (χ4v) is 0.598. The number of carbonyl (C=O) groups excluding carboxylic acids is 1. The summed E-state index contributed by atoms with van der Waals surface area (Å²) in [5.74, 6) is -1.01. The zero-order chi connectivity index (χ0) is 10.5. The van der Waals surface area contributed by atoms with Gasteiger partial charge in [0.25, 0.3) is 0 Å². The van der Waals surface area contributed by atoms with E-state index >= 15 is 0 Å². The molecule has 0 rings (SSSR count). The lowest BCUT2D eigenvalue weighted by atomic mass is 10.4. The van der Waals surface area contributed by atoms with Gasteiger partial charge in [0.1, 0.15) is 5.70 Å². The molecule has 0 heterocycles. The third-order valence-corrected chi connectivity index (χ3v) is 1.12. The molecule has 0 saturated heterocycles. The zero-order valence-corrected chi connectivity index (χ0v) is 7.23. The molecular formula is C7H10F3NO2. The molecule has 3 nitrogen and oxygen atoms in total. The number of ether oxygens (including phenoxy) is 1. The Hall–Kier alpha value is -1.20. The number of carbonyl (C=O) groups is 1. The molecule has 0 saturated carbocycles. The smallest absolute Gasteiger partial charge is 0.431 e. The van der Waals surface area contributed by atoms with Crippen molar-refractivity contribution in [3.63, 3.8) is 0 Å². The van der Waals surface area contributed by atoms with E-state index in [1.165, 1.54) is 6.92 Å². The lowest BCUT2D eigenvalue weighted by molar-refractivity contribution is -0.138. The summed E-state index contributed by atoms with van der Waals surface area (Å²) >= 11 is 0. The monoisotopic (exact) mass is 197 g/mol. The highest BCUT2D eigenvalue weighted by Crippen LogP contribution is 2.22. The van der Waals surface area contributed by atoms with Crippen LogP contribution in [-0.2, 0) is 9.53 Å². The SMILES string of the molecule is CCOC(=O)/C=C(/NC)C(F)(F)F. The summed E-state index contributed by atoms with van der Waals surface area (Å²) in [6.45, 7) is 1.56. The van der Waals surface area contributed by atoms with Crippen molar-refractivity contribution in [1.82, 2.24) is 5.32 Å². The molecule has 0 aliphatic heterocycles. The van der Waals surface area contributed by atoms with Gasteiger partial charge in [-0.05, 0) is 6.92 Å². The quantitative estimate of drug-likeness (QED) is 0.546. The third-order valence-electron chi connectivity index (χ3n) is 1.12. The number of nitrogens with one attached hydrogen (secondary N) is 1. The van der Waals surface area contributed by atoms with E-state index in [0.717, 1.165) is 7.05 Å². The molecule has 0 spiro atoms. The van der Waals surface area contributed by atoms with Gasteiger partial charge in [-0.15, -0.1) is 0 Å². The highest BCUT2D eigenvalue weighted by Gasteiger charge is 2.33.